The zero-order chi connectivity index (χ0) is 23.1. The van der Waals surface area contributed by atoms with Crippen LogP contribution in [0.15, 0.2) is 51.7 Å². The smallest absolute Gasteiger partial charge is 0.457 e. The van der Waals surface area contributed by atoms with Crippen LogP contribution in [0.2, 0.25) is 0 Å². The second-order valence-electron chi connectivity index (χ2n) is 7.01. The van der Waals surface area contributed by atoms with Crippen LogP contribution in [0.4, 0.5) is 13.2 Å². The summed E-state index contributed by atoms with van der Waals surface area (Å²) in [6.07, 6.45) is -1.53. The van der Waals surface area contributed by atoms with E-state index in [0.717, 1.165) is 19.3 Å². The molecule has 0 spiro atoms. The Hall–Kier alpha value is -3.49. The van der Waals surface area contributed by atoms with Crippen LogP contribution in [0.3, 0.4) is 0 Å². The second kappa shape index (κ2) is 10.2. The Morgan fingerprint density at radius 1 is 1.03 bits per heavy atom. The summed E-state index contributed by atoms with van der Waals surface area (Å²) < 4.78 is 58.3. The summed E-state index contributed by atoms with van der Waals surface area (Å²) in [4.78, 5) is 22.8. The fourth-order valence-electron chi connectivity index (χ4n) is 3.23. The molecule has 3 aromatic rings. The topological polar surface area (TPSA) is 75.0 Å². The molecule has 0 saturated heterocycles. The lowest BCUT2D eigenvalue weighted by Gasteiger charge is -2.15. The molecular weight excluding hydrogens is 429 g/mol. The molecule has 0 unspecified atom stereocenters. The number of rotatable bonds is 10. The molecule has 0 atom stereocenters. The average molecular weight is 450 g/mol. The van der Waals surface area contributed by atoms with Crippen molar-refractivity contribution in [3.05, 3.63) is 58.4 Å². The number of halogens is 3. The number of hydrogen-bond donors (Lipinski definition) is 0. The number of benzene rings is 2. The van der Waals surface area contributed by atoms with Crippen molar-refractivity contribution in [2.45, 2.75) is 39.0 Å². The minimum Gasteiger partial charge on any atom is -0.457 e. The Labute approximate surface area is 181 Å². The molecule has 0 aliphatic rings. The third-order valence-corrected chi connectivity index (χ3v) is 4.70. The third kappa shape index (κ3) is 6.03. The van der Waals surface area contributed by atoms with Gasteiger partial charge in [0.2, 0.25) is 6.79 Å². The van der Waals surface area contributed by atoms with Gasteiger partial charge in [0.25, 0.3) is 6.47 Å². The zero-order valence-corrected chi connectivity index (χ0v) is 17.2. The molecule has 3 rings (SSSR count). The Balaban J connectivity index is 1.99. The highest BCUT2D eigenvalue weighted by atomic mass is 19.4. The van der Waals surface area contributed by atoms with Gasteiger partial charge in [-0.2, -0.15) is 0 Å². The SMILES string of the molecule is CCCCCc1ccc(-c2cc3ccc(OCOC=O)cc3oc2=O)c(OC(F)(F)F)c1. The number of ether oxygens (including phenoxy) is 3. The van der Waals surface area contributed by atoms with Gasteiger partial charge in [0.1, 0.15) is 17.1 Å². The van der Waals surface area contributed by atoms with Crippen molar-refractivity contribution in [1.29, 1.82) is 0 Å². The minimum atomic E-state index is -4.91. The van der Waals surface area contributed by atoms with Crippen LogP contribution in [0, 0.1) is 0 Å². The van der Waals surface area contributed by atoms with E-state index in [0.29, 0.717) is 17.4 Å². The van der Waals surface area contributed by atoms with Crippen LogP contribution in [0.25, 0.3) is 22.1 Å². The summed E-state index contributed by atoms with van der Waals surface area (Å²) in [6, 6.07) is 10.4. The molecule has 0 bridgehead atoms. The molecule has 1 aromatic heterocycles. The summed E-state index contributed by atoms with van der Waals surface area (Å²) in [5.41, 5.74) is -0.0564. The van der Waals surface area contributed by atoms with Crippen molar-refractivity contribution in [3.8, 4) is 22.6 Å². The van der Waals surface area contributed by atoms with E-state index in [4.69, 9.17) is 9.15 Å². The molecule has 0 saturated carbocycles. The molecule has 1 heterocycles. The van der Waals surface area contributed by atoms with Crippen molar-refractivity contribution in [2.24, 2.45) is 0 Å². The lowest BCUT2D eigenvalue weighted by atomic mass is 10.00. The Morgan fingerprint density at radius 3 is 2.56 bits per heavy atom. The van der Waals surface area contributed by atoms with E-state index in [1.54, 1.807) is 18.2 Å². The highest BCUT2D eigenvalue weighted by Crippen LogP contribution is 2.35. The molecular formula is C23H21F3O6. The lowest BCUT2D eigenvalue weighted by molar-refractivity contribution is -0.274. The highest BCUT2D eigenvalue weighted by Gasteiger charge is 2.32. The first kappa shape index (κ1) is 23.2. The van der Waals surface area contributed by atoms with Gasteiger partial charge < -0.3 is 18.6 Å². The average Bonchev–Trinajstić information content (AvgIpc) is 2.73. The molecule has 170 valence electrons. The molecule has 0 radical (unpaired) electrons. The van der Waals surface area contributed by atoms with Crippen molar-refractivity contribution in [1.82, 2.24) is 0 Å². The van der Waals surface area contributed by atoms with E-state index in [2.05, 4.69) is 9.47 Å². The van der Waals surface area contributed by atoms with Gasteiger partial charge in [-0.05, 0) is 42.7 Å². The van der Waals surface area contributed by atoms with Crippen LogP contribution in [-0.2, 0) is 16.0 Å². The molecule has 0 N–H and O–H groups in total. The summed E-state index contributed by atoms with van der Waals surface area (Å²) in [6.45, 7) is 1.94. The number of carbonyl (C=O) groups excluding carboxylic acids is 1. The maximum atomic E-state index is 13.0. The first-order valence-corrected chi connectivity index (χ1v) is 9.95. The maximum absolute atomic E-state index is 13.0. The number of hydrogen-bond acceptors (Lipinski definition) is 6. The number of unbranched alkanes of at least 4 members (excludes halogenated alkanes) is 2. The van der Waals surface area contributed by atoms with Gasteiger partial charge in [-0.3, -0.25) is 4.79 Å². The van der Waals surface area contributed by atoms with Gasteiger partial charge >= 0.3 is 12.0 Å². The van der Waals surface area contributed by atoms with Crippen LogP contribution < -0.4 is 15.1 Å². The van der Waals surface area contributed by atoms with Gasteiger partial charge in [-0.1, -0.05) is 31.9 Å². The summed E-state index contributed by atoms with van der Waals surface area (Å²) in [7, 11) is 0. The lowest BCUT2D eigenvalue weighted by Crippen LogP contribution is -2.18. The molecule has 0 fully saturated rings. The van der Waals surface area contributed by atoms with Crippen molar-refractivity contribution >= 4 is 17.4 Å². The summed E-state index contributed by atoms with van der Waals surface area (Å²) >= 11 is 0. The van der Waals surface area contributed by atoms with E-state index < -0.39 is 17.7 Å². The second-order valence-corrected chi connectivity index (χ2v) is 7.01. The molecule has 32 heavy (non-hydrogen) atoms. The van der Waals surface area contributed by atoms with E-state index in [-0.39, 0.29) is 35.7 Å². The monoisotopic (exact) mass is 450 g/mol. The van der Waals surface area contributed by atoms with Crippen LogP contribution in [-0.4, -0.2) is 19.6 Å². The highest BCUT2D eigenvalue weighted by molar-refractivity contribution is 5.84. The summed E-state index contributed by atoms with van der Waals surface area (Å²) in [5, 5.41) is 0.466. The van der Waals surface area contributed by atoms with Gasteiger partial charge in [0.15, 0.2) is 0 Å². The zero-order valence-electron chi connectivity index (χ0n) is 17.2. The van der Waals surface area contributed by atoms with E-state index in [1.807, 2.05) is 6.92 Å². The van der Waals surface area contributed by atoms with Crippen molar-refractivity contribution in [2.75, 3.05) is 6.79 Å². The number of fused-ring (bicyclic) bond motifs is 1. The van der Waals surface area contributed by atoms with E-state index in [9.17, 15) is 22.8 Å². The maximum Gasteiger partial charge on any atom is 0.573 e. The van der Waals surface area contributed by atoms with Gasteiger partial charge in [-0.25, -0.2) is 4.79 Å². The van der Waals surface area contributed by atoms with Gasteiger partial charge in [0.05, 0.1) is 5.56 Å². The molecule has 2 aromatic carbocycles. The first-order valence-electron chi connectivity index (χ1n) is 9.95. The standard InChI is InChI=1S/C23H21F3O6/c1-2-3-4-5-15-6-9-18(21(10-15)32-23(24,25)26)19-11-16-7-8-17(30-14-29-13-27)12-20(16)31-22(19)28/h6-13H,2-5,14H2,1H3. The van der Waals surface area contributed by atoms with E-state index >= 15 is 0 Å². The van der Waals surface area contributed by atoms with E-state index in [1.165, 1.54) is 24.3 Å². The van der Waals surface area contributed by atoms with Crippen molar-refractivity contribution in [3.63, 3.8) is 0 Å². The molecule has 0 amide bonds. The van der Waals surface area contributed by atoms with Gasteiger partial charge in [-0.15, -0.1) is 13.2 Å². The predicted molar refractivity (Wildman–Crippen MR) is 110 cm³/mol. The number of alkyl halides is 3. The molecule has 0 aliphatic carbocycles. The fourth-order valence-corrected chi connectivity index (χ4v) is 3.23. The van der Waals surface area contributed by atoms with Crippen LogP contribution >= 0.6 is 0 Å². The minimum absolute atomic E-state index is 0.0167. The molecule has 0 aliphatic heterocycles. The predicted octanol–water partition coefficient (Wildman–Crippen LogP) is 5.60. The van der Waals surface area contributed by atoms with Crippen LogP contribution in [0.1, 0.15) is 31.7 Å². The number of carbonyl (C=O) groups is 1. The summed E-state index contributed by atoms with van der Waals surface area (Å²) in [5.74, 6) is -0.170. The Morgan fingerprint density at radius 2 is 1.84 bits per heavy atom. The van der Waals surface area contributed by atoms with Crippen molar-refractivity contribution < 1.29 is 36.6 Å². The molecule has 9 heteroatoms. The number of aryl methyl sites for hydroxylation is 1. The van der Waals surface area contributed by atoms with Gasteiger partial charge in [0, 0.05) is 17.0 Å². The Kier molecular flexibility index (Phi) is 7.40. The fraction of sp³-hybridized carbons (Fsp3) is 0.304. The molecule has 6 nitrogen and oxygen atoms in total. The third-order valence-electron chi connectivity index (χ3n) is 4.70. The first-order chi connectivity index (χ1) is 15.3. The normalized spacial score (nSPS) is 11.4. The Bertz CT molecular complexity index is 1140. The van der Waals surface area contributed by atoms with Crippen LogP contribution in [0.5, 0.6) is 11.5 Å². The quantitative estimate of drug-likeness (QED) is 0.173. The largest absolute Gasteiger partial charge is 0.573 e.